The molecule has 1 saturated heterocycles. The highest BCUT2D eigenvalue weighted by Crippen LogP contribution is 2.41. The van der Waals surface area contributed by atoms with E-state index in [1.165, 1.54) is 16.7 Å². The Balaban J connectivity index is 1.23. The summed E-state index contributed by atoms with van der Waals surface area (Å²) in [6, 6.07) is 28.5. The van der Waals surface area contributed by atoms with Crippen LogP contribution in [0.5, 0.6) is 11.6 Å². The molecule has 4 aromatic rings. The summed E-state index contributed by atoms with van der Waals surface area (Å²) in [6.07, 6.45) is -0.715. The number of fused-ring (bicyclic) bond motifs is 1. The summed E-state index contributed by atoms with van der Waals surface area (Å²) in [4.78, 5) is 41.6. The lowest BCUT2D eigenvalue weighted by Gasteiger charge is -2.49. The lowest BCUT2D eigenvalue weighted by atomic mass is 10.0. The summed E-state index contributed by atoms with van der Waals surface area (Å²) < 4.78 is 22.6. The van der Waals surface area contributed by atoms with Crippen molar-refractivity contribution < 1.29 is 33.1 Å². The topological polar surface area (TPSA) is 120 Å². The molecule has 2 amide bonds. The van der Waals surface area contributed by atoms with Crippen LogP contribution < -0.4 is 14.8 Å². The van der Waals surface area contributed by atoms with Crippen molar-refractivity contribution in [1.29, 1.82) is 0 Å². The maximum Gasteiger partial charge on any atom is 0.356 e. The van der Waals surface area contributed by atoms with Gasteiger partial charge in [0.05, 0.1) is 0 Å². The van der Waals surface area contributed by atoms with Crippen LogP contribution in [0.1, 0.15) is 23.0 Å². The molecule has 2 aliphatic heterocycles. The molecule has 1 unspecified atom stereocenters. The van der Waals surface area contributed by atoms with Crippen molar-refractivity contribution in [2.24, 2.45) is 0 Å². The van der Waals surface area contributed by atoms with Crippen molar-refractivity contribution in [3.63, 3.8) is 0 Å². The quantitative estimate of drug-likeness (QED) is 0.194. The summed E-state index contributed by atoms with van der Waals surface area (Å²) in [6.45, 7) is 1.49. The van der Waals surface area contributed by atoms with Crippen molar-refractivity contribution >= 4 is 29.5 Å². The SMILES string of the molecule is Cc1cc(OCC2=C(C(=O)OC(c3ccccc3)c3ccccc3)N3C(=O)C(NC(=O)COc4ccccc4)[C@H]3SC2)no1. The molecule has 3 heterocycles. The van der Waals surface area contributed by atoms with Crippen LogP contribution in [-0.2, 0) is 19.1 Å². The van der Waals surface area contributed by atoms with Gasteiger partial charge in [-0.1, -0.05) is 78.9 Å². The number of nitrogens with zero attached hydrogens (tertiary/aromatic N) is 2. The Bertz CT molecular complexity index is 1620. The van der Waals surface area contributed by atoms with Gasteiger partial charge in [-0.3, -0.25) is 14.5 Å². The number of para-hydroxylation sites is 1. The Morgan fingerprint density at radius 3 is 2.23 bits per heavy atom. The van der Waals surface area contributed by atoms with E-state index in [2.05, 4.69) is 10.5 Å². The number of aryl methyl sites for hydroxylation is 1. The van der Waals surface area contributed by atoms with Gasteiger partial charge in [-0.2, -0.15) is 0 Å². The van der Waals surface area contributed by atoms with Crippen LogP contribution in [0.4, 0.5) is 0 Å². The van der Waals surface area contributed by atoms with Gasteiger partial charge >= 0.3 is 5.97 Å². The van der Waals surface area contributed by atoms with Crippen molar-refractivity contribution in [3.05, 3.63) is 125 Å². The van der Waals surface area contributed by atoms with E-state index in [0.29, 0.717) is 22.8 Å². The van der Waals surface area contributed by atoms with Crippen LogP contribution in [0.15, 0.2) is 113 Å². The second-order valence-electron chi connectivity index (χ2n) is 10.2. The first-order valence-electron chi connectivity index (χ1n) is 14.0. The van der Waals surface area contributed by atoms with E-state index in [-0.39, 0.29) is 24.8 Å². The molecule has 2 atom stereocenters. The number of β-lactam (4-membered cyclic amide) rings is 1. The standard InChI is InChI=1S/C33H29N3O7S/c1-21-17-27(35-43-21)41-18-24-20-44-32-28(34-26(37)19-40-25-15-9-4-10-16-25)31(38)36(32)29(24)33(39)42-30(22-11-5-2-6-12-22)23-13-7-3-8-14-23/h2-17,28,30,32H,18-20H2,1H3,(H,34,37)/t28?,32-/m1/s1. The number of amides is 2. The number of ether oxygens (including phenoxy) is 3. The first kappa shape index (κ1) is 29.1. The molecule has 11 heteroatoms. The molecular formula is C33H29N3O7S. The third-order valence-electron chi connectivity index (χ3n) is 7.10. The Morgan fingerprint density at radius 1 is 0.977 bits per heavy atom. The number of rotatable bonds is 11. The first-order valence-corrected chi connectivity index (χ1v) is 15.0. The number of carbonyl (C=O) groups is 3. The fraction of sp³-hybridized carbons (Fsp3) is 0.212. The molecule has 1 N–H and O–H groups in total. The molecule has 1 aromatic heterocycles. The van der Waals surface area contributed by atoms with Gasteiger partial charge in [0, 0.05) is 17.4 Å². The number of aromatic nitrogens is 1. The molecule has 224 valence electrons. The first-order chi connectivity index (χ1) is 21.5. The number of hydrogen-bond donors (Lipinski definition) is 1. The summed E-state index contributed by atoms with van der Waals surface area (Å²) in [5.74, 6) is 0.213. The maximum absolute atomic E-state index is 14.0. The predicted octanol–water partition coefficient (Wildman–Crippen LogP) is 4.43. The highest BCUT2D eigenvalue weighted by molar-refractivity contribution is 8.00. The highest BCUT2D eigenvalue weighted by Gasteiger charge is 2.54. The Morgan fingerprint density at radius 2 is 1.61 bits per heavy atom. The molecular weight excluding hydrogens is 582 g/mol. The van der Waals surface area contributed by atoms with Crippen LogP contribution in [0.25, 0.3) is 0 Å². The predicted molar refractivity (Wildman–Crippen MR) is 162 cm³/mol. The smallest absolute Gasteiger partial charge is 0.356 e. The van der Waals surface area contributed by atoms with E-state index >= 15 is 0 Å². The molecule has 1 fully saturated rings. The minimum atomic E-state index is -0.825. The van der Waals surface area contributed by atoms with E-state index in [9.17, 15) is 14.4 Å². The molecule has 0 spiro atoms. The molecule has 2 aliphatic rings. The third-order valence-corrected chi connectivity index (χ3v) is 8.44. The molecule has 0 bridgehead atoms. The third kappa shape index (κ3) is 6.32. The molecule has 44 heavy (non-hydrogen) atoms. The second kappa shape index (κ2) is 13.1. The van der Waals surface area contributed by atoms with Gasteiger partial charge in [0.15, 0.2) is 12.7 Å². The Hall–Kier alpha value is -5.03. The normalized spacial score (nSPS) is 17.5. The van der Waals surface area contributed by atoms with E-state index in [1.807, 2.05) is 66.7 Å². The summed E-state index contributed by atoms with van der Waals surface area (Å²) >= 11 is 1.42. The van der Waals surface area contributed by atoms with Gasteiger partial charge in [0.25, 0.3) is 17.7 Å². The van der Waals surface area contributed by atoms with Crippen LogP contribution >= 0.6 is 11.8 Å². The lowest BCUT2D eigenvalue weighted by molar-refractivity contribution is -0.155. The number of nitrogens with one attached hydrogen (secondary N) is 1. The lowest BCUT2D eigenvalue weighted by Crippen LogP contribution is -2.71. The van der Waals surface area contributed by atoms with Gasteiger partial charge in [-0.15, -0.1) is 11.8 Å². The average Bonchev–Trinajstić information content (AvgIpc) is 3.49. The van der Waals surface area contributed by atoms with Crippen LogP contribution in [-0.4, -0.2) is 58.2 Å². The maximum atomic E-state index is 14.0. The number of carbonyl (C=O) groups excluding carboxylic acids is 3. The van der Waals surface area contributed by atoms with E-state index in [1.54, 1.807) is 37.3 Å². The van der Waals surface area contributed by atoms with Gasteiger partial charge in [-0.05, 0) is 35.3 Å². The molecule has 0 saturated carbocycles. The van der Waals surface area contributed by atoms with E-state index in [0.717, 1.165) is 11.1 Å². The molecule has 0 aliphatic carbocycles. The number of thioether (sulfide) groups is 1. The average molecular weight is 612 g/mol. The molecule has 10 nitrogen and oxygen atoms in total. The van der Waals surface area contributed by atoms with E-state index < -0.39 is 35.3 Å². The summed E-state index contributed by atoms with van der Waals surface area (Å²) in [7, 11) is 0. The zero-order valence-electron chi connectivity index (χ0n) is 23.8. The Kier molecular flexibility index (Phi) is 8.64. The van der Waals surface area contributed by atoms with E-state index in [4.69, 9.17) is 18.7 Å². The van der Waals surface area contributed by atoms with Crippen molar-refractivity contribution in [2.75, 3.05) is 19.0 Å². The number of benzene rings is 3. The van der Waals surface area contributed by atoms with Crippen LogP contribution in [0, 0.1) is 6.92 Å². The monoisotopic (exact) mass is 611 g/mol. The van der Waals surface area contributed by atoms with Gasteiger partial charge in [0.1, 0.15) is 35.2 Å². The largest absolute Gasteiger partial charge is 0.484 e. The van der Waals surface area contributed by atoms with Crippen LogP contribution in [0.3, 0.4) is 0 Å². The van der Waals surface area contributed by atoms with Crippen molar-refractivity contribution in [3.8, 4) is 11.6 Å². The van der Waals surface area contributed by atoms with Gasteiger partial charge in [0.2, 0.25) is 0 Å². The molecule has 6 rings (SSSR count). The second-order valence-corrected chi connectivity index (χ2v) is 11.3. The van der Waals surface area contributed by atoms with Crippen molar-refractivity contribution in [2.45, 2.75) is 24.4 Å². The van der Waals surface area contributed by atoms with Crippen LogP contribution in [0.2, 0.25) is 0 Å². The van der Waals surface area contributed by atoms with Crippen molar-refractivity contribution in [1.82, 2.24) is 15.4 Å². The minimum Gasteiger partial charge on any atom is -0.484 e. The number of hydrogen-bond acceptors (Lipinski definition) is 9. The molecule has 0 radical (unpaired) electrons. The minimum absolute atomic E-state index is 0.0107. The van der Waals surface area contributed by atoms with Gasteiger partial charge < -0.3 is 24.1 Å². The zero-order valence-corrected chi connectivity index (χ0v) is 24.6. The van der Waals surface area contributed by atoms with Gasteiger partial charge in [-0.25, -0.2) is 4.79 Å². The fourth-order valence-corrected chi connectivity index (χ4v) is 6.31. The molecule has 3 aromatic carbocycles. The summed E-state index contributed by atoms with van der Waals surface area (Å²) in [5.41, 5.74) is 2.22. The highest BCUT2D eigenvalue weighted by atomic mass is 32.2. The number of esters is 1. The fourth-order valence-electron chi connectivity index (χ4n) is 4.98. The summed E-state index contributed by atoms with van der Waals surface area (Å²) in [5, 5.41) is 6.12. The Labute approximate surface area is 258 Å². The zero-order chi connectivity index (χ0) is 30.5.